The van der Waals surface area contributed by atoms with Crippen LogP contribution in [0.5, 0.6) is 0 Å². The van der Waals surface area contributed by atoms with Gasteiger partial charge in [0, 0.05) is 0 Å². The van der Waals surface area contributed by atoms with Gasteiger partial charge in [-0.25, -0.2) is 0 Å². The van der Waals surface area contributed by atoms with Crippen molar-refractivity contribution in [3.05, 3.63) is 71.8 Å². The van der Waals surface area contributed by atoms with E-state index < -0.39 is 26.4 Å². The zero-order valence-corrected chi connectivity index (χ0v) is 14.5. The van der Waals surface area contributed by atoms with E-state index in [0.717, 1.165) is 11.1 Å². The van der Waals surface area contributed by atoms with Crippen molar-refractivity contribution < 1.29 is 24.8 Å². The van der Waals surface area contributed by atoms with Crippen LogP contribution in [0.2, 0.25) is 0 Å². The van der Waals surface area contributed by atoms with Gasteiger partial charge in [0.1, 0.15) is 0 Å². The van der Waals surface area contributed by atoms with Crippen molar-refractivity contribution in [2.75, 3.05) is 5.75 Å². The molecule has 0 saturated carbocycles. The van der Waals surface area contributed by atoms with E-state index in [-0.39, 0.29) is 11.7 Å². The average Bonchev–Trinajstić information content (AvgIpc) is 2.48. The number of halogens is 1. The average molecular weight is 411 g/mol. The van der Waals surface area contributed by atoms with Crippen molar-refractivity contribution in [1.29, 1.82) is 0 Å². The Balaban J connectivity index is 2.23. The van der Waals surface area contributed by atoms with E-state index in [1.165, 1.54) is 0 Å². The predicted molar refractivity (Wildman–Crippen MR) is 82.1 cm³/mol. The second-order valence-electron chi connectivity index (χ2n) is 4.72. The van der Waals surface area contributed by atoms with Crippen molar-refractivity contribution in [1.82, 2.24) is 3.46 Å². The Morgan fingerprint density at radius 2 is 1.57 bits per heavy atom. The van der Waals surface area contributed by atoms with Gasteiger partial charge < -0.3 is 0 Å². The Hall–Kier alpha value is -0.737. The van der Waals surface area contributed by atoms with Gasteiger partial charge >= 0.3 is 138 Å². The summed E-state index contributed by atoms with van der Waals surface area (Å²) in [5.74, 6) is -0.0392. The summed E-state index contributed by atoms with van der Waals surface area (Å²) in [7, 11) is 2.23. The molecule has 1 unspecified atom stereocenters. The van der Waals surface area contributed by atoms with Crippen LogP contribution in [0.25, 0.3) is 0 Å². The summed E-state index contributed by atoms with van der Waals surface area (Å²) in [5.41, 5.74) is 2.15. The van der Waals surface area contributed by atoms with E-state index in [9.17, 15) is 8.42 Å². The van der Waals surface area contributed by atoms with Crippen LogP contribution in [-0.2, 0) is 32.8 Å². The van der Waals surface area contributed by atoms with Gasteiger partial charge in [-0.1, -0.05) is 0 Å². The molecule has 0 fully saturated rings. The quantitative estimate of drug-likeness (QED) is 0.713. The molecule has 1 atom stereocenters. The number of nitrogens with one attached hydrogen (secondary N) is 1. The fourth-order valence-electron chi connectivity index (χ4n) is 2.23. The number of benzene rings is 2. The zero-order valence-electron chi connectivity index (χ0n) is 11.2. The molecular weight excluding hydrogens is 395 g/mol. The molecule has 2 aromatic rings. The third kappa shape index (κ3) is 5.52. The Morgan fingerprint density at radius 1 is 1.00 bits per heavy atom. The molecule has 6 heteroatoms. The van der Waals surface area contributed by atoms with Crippen molar-refractivity contribution in [2.24, 2.45) is 0 Å². The summed E-state index contributed by atoms with van der Waals surface area (Å²) in [5, 5.41) is 0. The molecule has 0 spiro atoms. The van der Waals surface area contributed by atoms with Crippen LogP contribution in [0, 0.1) is 0 Å². The van der Waals surface area contributed by atoms with Gasteiger partial charge in [0.25, 0.3) is 0 Å². The molecule has 0 radical (unpaired) electrons. The van der Waals surface area contributed by atoms with Gasteiger partial charge in [-0.05, 0) is 0 Å². The molecule has 21 heavy (non-hydrogen) atoms. The molecule has 114 valence electrons. The van der Waals surface area contributed by atoms with Crippen LogP contribution in [0.15, 0.2) is 60.7 Å². The third-order valence-electron chi connectivity index (χ3n) is 3.15. The van der Waals surface area contributed by atoms with Crippen LogP contribution in [0.3, 0.4) is 0 Å². The Labute approximate surface area is 137 Å². The Morgan fingerprint density at radius 3 is 2.14 bits per heavy atom. The van der Waals surface area contributed by atoms with E-state index in [4.69, 9.17) is 9.69 Å². The minimum atomic E-state index is -3.34. The van der Waals surface area contributed by atoms with E-state index >= 15 is 0 Å². The third-order valence-corrected chi connectivity index (χ3v) is 7.26. The summed E-state index contributed by atoms with van der Waals surface area (Å²) < 4.78 is 26.5. The van der Waals surface area contributed by atoms with Crippen LogP contribution in [0.1, 0.15) is 17.0 Å². The molecule has 3 nitrogen and oxygen atoms in total. The molecule has 1 N–H and O–H groups in total. The topological polar surface area (TPSA) is 46.2 Å². The maximum absolute atomic E-state index is 12.0. The van der Waals surface area contributed by atoms with Gasteiger partial charge in [-0.3, -0.25) is 0 Å². The van der Waals surface area contributed by atoms with Crippen LogP contribution < -0.4 is 3.46 Å². The van der Waals surface area contributed by atoms with Crippen molar-refractivity contribution in [3.63, 3.8) is 0 Å². The SMILES string of the molecule is O=S(=O)(CC(Cc1ccccc1)c1ccccc1)[NH][Ru][Cl]. The van der Waals surface area contributed by atoms with Crippen LogP contribution in [0.4, 0.5) is 0 Å². The van der Waals surface area contributed by atoms with E-state index in [0.29, 0.717) is 6.42 Å². The molecule has 0 aliphatic rings. The minimum absolute atomic E-state index is 0.0489. The molecule has 2 aromatic carbocycles. The predicted octanol–water partition coefficient (Wildman–Crippen LogP) is 3.08. The summed E-state index contributed by atoms with van der Waals surface area (Å²) in [6, 6.07) is 19.7. The second kappa shape index (κ2) is 8.04. The van der Waals surface area contributed by atoms with E-state index in [2.05, 4.69) is 3.46 Å². The fourth-order valence-corrected chi connectivity index (χ4v) is 5.74. The molecular formula is C15H16ClNO2RuS. The van der Waals surface area contributed by atoms with Gasteiger partial charge in [0.05, 0.1) is 0 Å². The number of rotatable bonds is 7. The fraction of sp³-hybridized carbons (Fsp3) is 0.200. The summed E-state index contributed by atoms with van der Waals surface area (Å²) in [6.45, 7) is 0. The first-order chi connectivity index (χ1) is 10.1. The normalized spacial score (nSPS) is 13.2. The first-order valence-corrected chi connectivity index (χ1v) is 11.2. The molecule has 0 amide bonds. The second-order valence-corrected chi connectivity index (χ2v) is 8.61. The van der Waals surface area contributed by atoms with E-state index in [1.807, 2.05) is 60.7 Å². The molecule has 2 rings (SSSR count). The van der Waals surface area contributed by atoms with Crippen molar-refractivity contribution in [3.8, 4) is 0 Å². The molecule has 0 heterocycles. The molecule has 0 aliphatic carbocycles. The molecule has 0 aliphatic heterocycles. The molecule has 0 aromatic heterocycles. The number of sulfonamides is 1. The summed E-state index contributed by atoms with van der Waals surface area (Å²) in [4.78, 5) is 0. The monoisotopic (exact) mass is 411 g/mol. The number of hydrogen-bond donors (Lipinski definition) is 1. The first kappa shape index (κ1) is 16.6. The van der Waals surface area contributed by atoms with Crippen molar-refractivity contribution >= 4 is 19.7 Å². The Bertz CT molecular complexity index is 650. The van der Waals surface area contributed by atoms with Gasteiger partial charge in [-0.15, -0.1) is 0 Å². The Kier molecular flexibility index (Phi) is 6.37. The number of hydrogen-bond acceptors (Lipinski definition) is 2. The maximum atomic E-state index is 12.0. The van der Waals surface area contributed by atoms with E-state index in [1.54, 1.807) is 0 Å². The van der Waals surface area contributed by atoms with Crippen LogP contribution >= 0.6 is 9.69 Å². The standard InChI is InChI=1S/C15H16NO2S.ClH.Ru/c16-19(17,18)12-15(14-9-5-2-6-10-14)11-13-7-3-1-4-8-13;;/h1-10,15H,11-12H2,(H-,16,17,18);1H;/q-1;;+2/p-1. The van der Waals surface area contributed by atoms with Crippen molar-refractivity contribution in [2.45, 2.75) is 12.3 Å². The van der Waals surface area contributed by atoms with Gasteiger partial charge in [0.15, 0.2) is 0 Å². The molecule has 0 saturated heterocycles. The molecule has 0 bridgehead atoms. The van der Waals surface area contributed by atoms with Gasteiger partial charge in [-0.2, -0.15) is 0 Å². The van der Waals surface area contributed by atoms with Crippen LogP contribution in [-0.4, -0.2) is 14.2 Å². The van der Waals surface area contributed by atoms with Gasteiger partial charge in [0.2, 0.25) is 0 Å². The summed E-state index contributed by atoms with van der Waals surface area (Å²) >= 11 is -0.845. The summed E-state index contributed by atoms with van der Waals surface area (Å²) in [6.07, 6.45) is 0.685. The first-order valence-electron chi connectivity index (χ1n) is 6.42. The zero-order chi connectivity index (χ0) is 15.1.